The molecule has 114 valence electrons. The minimum absolute atomic E-state index is 0.126. The van der Waals surface area contributed by atoms with Crippen molar-refractivity contribution in [1.29, 1.82) is 0 Å². The first-order valence-electron chi connectivity index (χ1n) is 7.36. The Bertz CT molecular complexity index is 192. The van der Waals surface area contributed by atoms with E-state index in [4.69, 9.17) is 24.4 Å². The number of aliphatic hydroxyl groups excluding tert-OH is 2. The SMILES string of the molecule is C(OCC1CO1)C1CO1.CCC(O)CCCCCO. The van der Waals surface area contributed by atoms with E-state index >= 15 is 0 Å². The molecule has 2 aliphatic heterocycles. The van der Waals surface area contributed by atoms with E-state index in [1.165, 1.54) is 0 Å². The summed E-state index contributed by atoms with van der Waals surface area (Å²) in [6.07, 6.45) is 5.33. The molecule has 3 atom stereocenters. The van der Waals surface area contributed by atoms with Crippen LogP contribution in [0.2, 0.25) is 0 Å². The van der Waals surface area contributed by atoms with E-state index in [1.54, 1.807) is 0 Å². The van der Waals surface area contributed by atoms with Crippen molar-refractivity contribution in [3.8, 4) is 0 Å². The molecule has 0 bridgehead atoms. The molecule has 0 aliphatic carbocycles. The lowest BCUT2D eigenvalue weighted by atomic mass is 10.1. The van der Waals surface area contributed by atoms with Crippen LogP contribution >= 0.6 is 0 Å². The number of hydrogen-bond donors (Lipinski definition) is 2. The smallest absolute Gasteiger partial charge is 0.104 e. The van der Waals surface area contributed by atoms with Crippen LogP contribution in [-0.2, 0) is 14.2 Å². The lowest BCUT2D eigenvalue weighted by Gasteiger charge is -2.05. The monoisotopic (exact) mass is 276 g/mol. The van der Waals surface area contributed by atoms with Gasteiger partial charge in [0, 0.05) is 6.61 Å². The number of aliphatic hydroxyl groups is 2. The molecule has 0 aromatic carbocycles. The van der Waals surface area contributed by atoms with E-state index in [0.717, 1.165) is 58.5 Å². The van der Waals surface area contributed by atoms with Crippen LogP contribution in [0.4, 0.5) is 0 Å². The van der Waals surface area contributed by atoms with Crippen molar-refractivity contribution in [3.05, 3.63) is 0 Å². The molecule has 0 aromatic rings. The van der Waals surface area contributed by atoms with Gasteiger partial charge in [-0.1, -0.05) is 19.8 Å². The number of rotatable bonds is 10. The standard InChI is InChI=1S/C8H18O2.C6H10O3/c1-2-8(10)6-4-3-5-7-9;1(5-3-8-5)7-2-6-4-9-6/h8-10H,2-7H2,1H3;5-6H,1-4H2. The van der Waals surface area contributed by atoms with E-state index in [-0.39, 0.29) is 12.7 Å². The summed E-state index contributed by atoms with van der Waals surface area (Å²) in [6.45, 7) is 5.52. The van der Waals surface area contributed by atoms with Gasteiger partial charge in [0.25, 0.3) is 0 Å². The van der Waals surface area contributed by atoms with Gasteiger partial charge < -0.3 is 24.4 Å². The van der Waals surface area contributed by atoms with Gasteiger partial charge in [-0.05, 0) is 19.3 Å². The van der Waals surface area contributed by atoms with Gasteiger partial charge in [0.15, 0.2) is 0 Å². The molecule has 0 saturated carbocycles. The summed E-state index contributed by atoms with van der Waals surface area (Å²) in [5.41, 5.74) is 0. The fraction of sp³-hybridized carbons (Fsp3) is 1.00. The molecular formula is C14H28O5. The first-order valence-corrected chi connectivity index (χ1v) is 7.36. The molecule has 0 aromatic heterocycles. The third kappa shape index (κ3) is 11.3. The summed E-state index contributed by atoms with van der Waals surface area (Å²) < 4.78 is 15.1. The quantitative estimate of drug-likeness (QED) is 0.462. The number of epoxide rings is 2. The minimum Gasteiger partial charge on any atom is -0.396 e. The lowest BCUT2D eigenvalue weighted by Crippen LogP contribution is -2.06. The van der Waals surface area contributed by atoms with Crippen molar-refractivity contribution < 1.29 is 24.4 Å². The second-order valence-electron chi connectivity index (χ2n) is 5.08. The van der Waals surface area contributed by atoms with Crippen molar-refractivity contribution in [3.63, 3.8) is 0 Å². The molecule has 0 radical (unpaired) electrons. The van der Waals surface area contributed by atoms with E-state index in [1.807, 2.05) is 6.92 Å². The van der Waals surface area contributed by atoms with Crippen LogP contribution in [0, 0.1) is 0 Å². The molecule has 2 rings (SSSR count). The summed E-state index contributed by atoms with van der Waals surface area (Å²) in [5, 5.41) is 17.5. The van der Waals surface area contributed by atoms with Gasteiger partial charge in [-0.15, -0.1) is 0 Å². The Labute approximate surface area is 115 Å². The molecule has 2 aliphatic rings. The Hall–Kier alpha value is -0.200. The minimum atomic E-state index is -0.126. The summed E-state index contributed by atoms with van der Waals surface area (Å²) >= 11 is 0. The molecule has 0 amide bonds. The molecule has 2 fully saturated rings. The van der Waals surface area contributed by atoms with Crippen molar-refractivity contribution in [2.24, 2.45) is 0 Å². The predicted molar refractivity (Wildman–Crippen MR) is 72.2 cm³/mol. The van der Waals surface area contributed by atoms with Gasteiger partial charge in [-0.25, -0.2) is 0 Å². The van der Waals surface area contributed by atoms with Crippen LogP contribution < -0.4 is 0 Å². The zero-order valence-corrected chi connectivity index (χ0v) is 11.9. The molecule has 2 heterocycles. The fourth-order valence-corrected chi connectivity index (χ4v) is 1.53. The van der Waals surface area contributed by atoms with Crippen LogP contribution in [0.15, 0.2) is 0 Å². The number of unbranched alkanes of at least 4 members (excludes halogenated alkanes) is 2. The number of hydrogen-bond acceptors (Lipinski definition) is 5. The van der Waals surface area contributed by atoms with E-state index in [2.05, 4.69) is 0 Å². The van der Waals surface area contributed by atoms with Crippen LogP contribution in [0.5, 0.6) is 0 Å². The fourth-order valence-electron chi connectivity index (χ4n) is 1.53. The summed E-state index contributed by atoms with van der Waals surface area (Å²) in [6, 6.07) is 0. The van der Waals surface area contributed by atoms with Gasteiger partial charge in [0.2, 0.25) is 0 Å². The molecule has 19 heavy (non-hydrogen) atoms. The van der Waals surface area contributed by atoms with Gasteiger partial charge in [-0.2, -0.15) is 0 Å². The first kappa shape index (κ1) is 16.9. The molecule has 2 saturated heterocycles. The molecule has 5 nitrogen and oxygen atoms in total. The third-order valence-electron chi connectivity index (χ3n) is 3.08. The van der Waals surface area contributed by atoms with Gasteiger partial charge >= 0.3 is 0 Å². The van der Waals surface area contributed by atoms with E-state index in [9.17, 15) is 0 Å². The maximum Gasteiger partial charge on any atom is 0.104 e. The first-order chi connectivity index (χ1) is 9.26. The summed E-state index contributed by atoms with van der Waals surface area (Å²) in [5.74, 6) is 0. The second kappa shape index (κ2) is 10.6. The molecular weight excluding hydrogens is 248 g/mol. The highest BCUT2D eigenvalue weighted by Gasteiger charge is 2.26. The van der Waals surface area contributed by atoms with E-state index in [0.29, 0.717) is 12.2 Å². The zero-order chi connectivity index (χ0) is 13.9. The summed E-state index contributed by atoms with van der Waals surface area (Å²) in [4.78, 5) is 0. The Kier molecular flexibility index (Phi) is 9.38. The van der Waals surface area contributed by atoms with Crippen molar-refractivity contribution in [2.45, 2.75) is 57.3 Å². The van der Waals surface area contributed by atoms with Crippen molar-refractivity contribution in [2.75, 3.05) is 33.0 Å². The van der Waals surface area contributed by atoms with Crippen molar-refractivity contribution in [1.82, 2.24) is 0 Å². The molecule has 5 heteroatoms. The molecule has 2 N–H and O–H groups in total. The number of ether oxygens (including phenoxy) is 3. The lowest BCUT2D eigenvalue weighted by molar-refractivity contribution is 0.102. The Morgan fingerprint density at radius 2 is 1.68 bits per heavy atom. The largest absolute Gasteiger partial charge is 0.396 e. The normalized spacial score (nSPS) is 25.4. The highest BCUT2D eigenvalue weighted by molar-refractivity contribution is 4.71. The maximum absolute atomic E-state index is 9.09. The highest BCUT2D eigenvalue weighted by atomic mass is 16.6. The van der Waals surface area contributed by atoms with Crippen LogP contribution in [0.1, 0.15) is 39.0 Å². The molecule has 0 spiro atoms. The van der Waals surface area contributed by atoms with Crippen LogP contribution in [0.25, 0.3) is 0 Å². The van der Waals surface area contributed by atoms with Gasteiger partial charge in [-0.3, -0.25) is 0 Å². The Morgan fingerprint density at radius 1 is 1.11 bits per heavy atom. The average molecular weight is 276 g/mol. The van der Waals surface area contributed by atoms with Gasteiger partial charge in [0.1, 0.15) is 12.2 Å². The third-order valence-corrected chi connectivity index (χ3v) is 3.08. The Balaban J connectivity index is 0.000000190. The highest BCUT2D eigenvalue weighted by Crippen LogP contribution is 2.12. The van der Waals surface area contributed by atoms with Gasteiger partial charge in [0.05, 0.1) is 32.5 Å². The van der Waals surface area contributed by atoms with Crippen LogP contribution in [0.3, 0.4) is 0 Å². The molecule has 3 unspecified atom stereocenters. The second-order valence-corrected chi connectivity index (χ2v) is 5.08. The summed E-state index contributed by atoms with van der Waals surface area (Å²) in [7, 11) is 0. The zero-order valence-electron chi connectivity index (χ0n) is 11.9. The average Bonchev–Trinajstić information content (AvgIpc) is 3.29. The predicted octanol–water partition coefficient (Wildman–Crippen LogP) is 1.11. The topological polar surface area (TPSA) is 74.8 Å². The van der Waals surface area contributed by atoms with Crippen molar-refractivity contribution >= 4 is 0 Å². The maximum atomic E-state index is 9.09. The van der Waals surface area contributed by atoms with E-state index < -0.39 is 0 Å². The van der Waals surface area contributed by atoms with Crippen LogP contribution in [-0.4, -0.2) is 61.6 Å². The Morgan fingerprint density at radius 3 is 2.11 bits per heavy atom.